The highest BCUT2D eigenvalue weighted by atomic mass is 19.1. The van der Waals surface area contributed by atoms with E-state index in [4.69, 9.17) is 4.74 Å². The van der Waals surface area contributed by atoms with Gasteiger partial charge in [0.15, 0.2) is 0 Å². The van der Waals surface area contributed by atoms with Gasteiger partial charge in [-0.1, -0.05) is 30.3 Å². The van der Waals surface area contributed by atoms with Crippen molar-refractivity contribution < 1.29 is 13.9 Å². The summed E-state index contributed by atoms with van der Waals surface area (Å²) < 4.78 is 18.9. The molecular weight excluding hydrogens is 393 g/mol. The van der Waals surface area contributed by atoms with Gasteiger partial charge < -0.3 is 10.1 Å². The second-order valence-electron chi connectivity index (χ2n) is 7.78. The lowest BCUT2D eigenvalue weighted by Crippen LogP contribution is -2.44. The molecule has 1 N–H and O–H groups in total. The fourth-order valence-electron chi connectivity index (χ4n) is 3.93. The summed E-state index contributed by atoms with van der Waals surface area (Å²) in [4.78, 5) is 19.3. The van der Waals surface area contributed by atoms with Gasteiger partial charge in [0, 0.05) is 43.0 Å². The third-order valence-corrected chi connectivity index (χ3v) is 5.66. The fourth-order valence-corrected chi connectivity index (χ4v) is 3.93. The zero-order valence-corrected chi connectivity index (χ0v) is 17.6. The topological polar surface area (TPSA) is 54.5 Å². The van der Waals surface area contributed by atoms with Crippen LogP contribution in [0.25, 0.3) is 11.3 Å². The third-order valence-electron chi connectivity index (χ3n) is 5.66. The van der Waals surface area contributed by atoms with Crippen molar-refractivity contribution in [2.75, 3.05) is 20.2 Å². The Hall–Kier alpha value is -3.25. The number of rotatable bonds is 6. The quantitative estimate of drug-likeness (QED) is 0.648. The maximum absolute atomic E-state index is 13.4. The number of amides is 1. The van der Waals surface area contributed by atoms with Crippen molar-refractivity contribution in [2.45, 2.75) is 25.4 Å². The summed E-state index contributed by atoms with van der Waals surface area (Å²) in [6, 6.07) is 18.0. The van der Waals surface area contributed by atoms with Crippen molar-refractivity contribution >= 4 is 5.91 Å². The minimum atomic E-state index is -0.307. The van der Waals surface area contributed by atoms with Crippen LogP contribution < -0.4 is 10.1 Å². The minimum absolute atomic E-state index is 0.124. The highest BCUT2D eigenvalue weighted by molar-refractivity contribution is 5.94. The number of halogens is 1. The first-order valence-electron chi connectivity index (χ1n) is 10.5. The minimum Gasteiger partial charge on any atom is -0.496 e. The van der Waals surface area contributed by atoms with Gasteiger partial charge in [-0.3, -0.25) is 14.7 Å². The van der Waals surface area contributed by atoms with Gasteiger partial charge in [0.1, 0.15) is 11.6 Å². The fraction of sp³-hybridized carbons (Fsp3) is 0.280. The highest BCUT2D eigenvalue weighted by Gasteiger charge is 2.22. The lowest BCUT2D eigenvalue weighted by atomic mass is 10.0. The summed E-state index contributed by atoms with van der Waals surface area (Å²) in [5.74, 6) is 0.478. The van der Waals surface area contributed by atoms with E-state index in [0.717, 1.165) is 38.2 Å². The number of carbonyl (C=O) groups excluding carboxylic acids is 1. The van der Waals surface area contributed by atoms with Gasteiger partial charge >= 0.3 is 0 Å². The molecule has 1 fully saturated rings. The summed E-state index contributed by atoms with van der Waals surface area (Å²) in [5, 5.41) is 3.12. The molecule has 0 saturated carbocycles. The first kappa shape index (κ1) is 21.0. The van der Waals surface area contributed by atoms with E-state index >= 15 is 0 Å². The predicted octanol–water partition coefficient (Wildman–Crippen LogP) is 4.29. The number of pyridine rings is 1. The molecule has 4 rings (SSSR count). The molecule has 2 aromatic carbocycles. The molecule has 0 bridgehead atoms. The molecule has 1 aromatic heterocycles. The SMILES string of the molecule is COc1ccccc1CN1CCC(NC(=O)c2ccc(-c3cccc(F)c3)nc2)CC1. The van der Waals surface area contributed by atoms with Crippen LogP contribution in [0.3, 0.4) is 0 Å². The Kier molecular flexibility index (Phi) is 6.57. The molecule has 31 heavy (non-hydrogen) atoms. The molecule has 1 aliphatic rings. The van der Waals surface area contributed by atoms with Crippen molar-refractivity contribution in [3.63, 3.8) is 0 Å². The van der Waals surface area contributed by atoms with E-state index in [1.54, 1.807) is 37.6 Å². The average Bonchev–Trinajstić information content (AvgIpc) is 2.81. The van der Waals surface area contributed by atoms with Crippen molar-refractivity contribution in [3.05, 3.63) is 83.8 Å². The second-order valence-corrected chi connectivity index (χ2v) is 7.78. The van der Waals surface area contributed by atoms with Crippen LogP contribution in [0, 0.1) is 5.82 Å². The molecule has 1 amide bonds. The summed E-state index contributed by atoms with van der Waals surface area (Å²) >= 11 is 0. The van der Waals surface area contributed by atoms with Crippen LogP contribution >= 0.6 is 0 Å². The van der Waals surface area contributed by atoms with Crippen LogP contribution in [0.15, 0.2) is 66.9 Å². The van der Waals surface area contributed by atoms with E-state index in [9.17, 15) is 9.18 Å². The molecule has 1 aliphatic heterocycles. The van der Waals surface area contributed by atoms with E-state index in [1.807, 2.05) is 18.2 Å². The predicted molar refractivity (Wildman–Crippen MR) is 118 cm³/mol. The lowest BCUT2D eigenvalue weighted by Gasteiger charge is -2.32. The van der Waals surface area contributed by atoms with Gasteiger partial charge in [-0.2, -0.15) is 0 Å². The molecule has 0 spiro atoms. The molecule has 3 aromatic rings. The number of benzene rings is 2. The van der Waals surface area contributed by atoms with Crippen LogP contribution in [0.2, 0.25) is 0 Å². The van der Waals surface area contributed by atoms with E-state index in [-0.39, 0.29) is 17.8 Å². The first-order chi connectivity index (χ1) is 15.1. The van der Waals surface area contributed by atoms with E-state index in [0.29, 0.717) is 16.8 Å². The number of para-hydroxylation sites is 1. The number of piperidine rings is 1. The van der Waals surface area contributed by atoms with Crippen molar-refractivity contribution in [1.82, 2.24) is 15.2 Å². The Morgan fingerprint density at radius 2 is 1.94 bits per heavy atom. The lowest BCUT2D eigenvalue weighted by molar-refractivity contribution is 0.0908. The number of methoxy groups -OCH3 is 1. The summed E-state index contributed by atoms with van der Waals surface area (Å²) in [5.41, 5.74) is 3.02. The molecule has 5 nitrogen and oxygen atoms in total. The standard InChI is InChI=1S/C25H26FN3O2/c1-31-24-8-3-2-5-20(24)17-29-13-11-22(12-14-29)28-25(30)19-9-10-23(27-16-19)18-6-4-7-21(26)15-18/h2-10,15-16,22H,11-14,17H2,1H3,(H,28,30). The van der Waals surface area contributed by atoms with Gasteiger partial charge in [-0.05, 0) is 43.2 Å². The zero-order chi connectivity index (χ0) is 21.6. The molecule has 0 atom stereocenters. The van der Waals surface area contributed by atoms with Gasteiger partial charge in [0.05, 0.1) is 18.4 Å². The van der Waals surface area contributed by atoms with Crippen molar-refractivity contribution in [1.29, 1.82) is 0 Å². The number of hydrogen-bond donors (Lipinski definition) is 1. The van der Waals surface area contributed by atoms with Gasteiger partial charge in [-0.15, -0.1) is 0 Å². The highest BCUT2D eigenvalue weighted by Crippen LogP contribution is 2.22. The molecule has 1 saturated heterocycles. The van der Waals surface area contributed by atoms with Gasteiger partial charge in [0.25, 0.3) is 5.91 Å². The van der Waals surface area contributed by atoms with Crippen LogP contribution in [0.1, 0.15) is 28.8 Å². The molecule has 0 aliphatic carbocycles. The number of nitrogens with zero attached hydrogens (tertiary/aromatic N) is 2. The number of hydrogen-bond acceptors (Lipinski definition) is 4. The number of carbonyl (C=O) groups is 1. The van der Waals surface area contributed by atoms with E-state index in [2.05, 4.69) is 21.3 Å². The maximum atomic E-state index is 13.4. The molecule has 2 heterocycles. The number of nitrogens with one attached hydrogen (secondary N) is 1. The molecular formula is C25H26FN3O2. The molecule has 6 heteroatoms. The number of ether oxygens (including phenoxy) is 1. The maximum Gasteiger partial charge on any atom is 0.253 e. The van der Waals surface area contributed by atoms with Crippen molar-refractivity contribution in [2.24, 2.45) is 0 Å². The number of likely N-dealkylation sites (tertiary alicyclic amines) is 1. The van der Waals surface area contributed by atoms with Gasteiger partial charge in [-0.25, -0.2) is 4.39 Å². The molecule has 0 radical (unpaired) electrons. The monoisotopic (exact) mass is 419 g/mol. The van der Waals surface area contributed by atoms with E-state index in [1.165, 1.54) is 17.7 Å². The second kappa shape index (κ2) is 9.71. The van der Waals surface area contributed by atoms with Gasteiger partial charge in [0.2, 0.25) is 0 Å². The largest absolute Gasteiger partial charge is 0.496 e. The smallest absolute Gasteiger partial charge is 0.253 e. The molecule has 160 valence electrons. The normalized spacial score (nSPS) is 14.9. The number of aromatic nitrogens is 1. The summed E-state index contributed by atoms with van der Waals surface area (Å²) in [6.45, 7) is 2.68. The Balaban J connectivity index is 1.30. The Labute approximate surface area is 181 Å². The van der Waals surface area contributed by atoms with Crippen molar-refractivity contribution in [3.8, 4) is 17.0 Å². The Morgan fingerprint density at radius 1 is 1.13 bits per heavy atom. The Bertz CT molecular complexity index is 1030. The average molecular weight is 420 g/mol. The van der Waals surface area contributed by atoms with Crippen LogP contribution in [0.5, 0.6) is 5.75 Å². The summed E-state index contributed by atoms with van der Waals surface area (Å²) in [7, 11) is 1.69. The Morgan fingerprint density at radius 3 is 2.65 bits per heavy atom. The van der Waals surface area contributed by atoms with Crippen LogP contribution in [0.4, 0.5) is 4.39 Å². The molecule has 0 unspecified atom stereocenters. The van der Waals surface area contributed by atoms with Crippen LogP contribution in [-0.4, -0.2) is 42.0 Å². The zero-order valence-electron chi connectivity index (χ0n) is 17.6. The first-order valence-corrected chi connectivity index (χ1v) is 10.5. The third kappa shape index (κ3) is 5.27. The van der Waals surface area contributed by atoms with E-state index < -0.39 is 0 Å². The van der Waals surface area contributed by atoms with Crippen LogP contribution in [-0.2, 0) is 6.54 Å². The summed E-state index contributed by atoms with van der Waals surface area (Å²) in [6.07, 6.45) is 3.35.